The van der Waals surface area contributed by atoms with E-state index in [4.69, 9.17) is 14.2 Å². The van der Waals surface area contributed by atoms with Crippen molar-refractivity contribution in [2.75, 3.05) is 14.2 Å². The summed E-state index contributed by atoms with van der Waals surface area (Å²) in [6.07, 6.45) is 4.98. The van der Waals surface area contributed by atoms with Crippen molar-refractivity contribution in [3.63, 3.8) is 0 Å². The van der Waals surface area contributed by atoms with Gasteiger partial charge in [0.15, 0.2) is 23.0 Å². The zero-order valence-corrected chi connectivity index (χ0v) is 14.0. The second-order valence-electron chi connectivity index (χ2n) is 5.22. The van der Waals surface area contributed by atoms with Gasteiger partial charge in [-0.15, -0.1) is 13.2 Å². The molecule has 2 aromatic rings. The molecule has 126 valence electrons. The Hall–Kier alpha value is -2.88. The first-order valence-corrected chi connectivity index (χ1v) is 7.59. The third-order valence-electron chi connectivity index (χ3n) is 3.53. The van der Waals surface area contributed by atoms with Gasteiger partial charge < -0.3 is 19.3 Å². The highest BCUT2D eigenvalue weighted by Crippen LogP contribution is 2.42. The van der Waals surface area contributed by atoms with Crippen molar-refractivity contribution >= 4 is 0 Å². The number of hydrogen-bond acceptors (Lipinski definition) is 4. The Labute approximate surface area is 142 Å². The highest BCUT2D eigenvalue weighted by atomic mass is 16.5. The van der Waals surface area contributed by atoms with Gasteiger partial charge in [0.25, 0.3) is 0 Å². The molecule has 0 saturated carbocycles. The summed E-state index contributed by atoms with van der Waals surface area (Å²) in [6.45, 7) is 7.46. The SMILES string of the molecule is C=CCc1ccc(Oc2cc(CC=C)cc(OC)c2O)c(OC)c1. The van der Waals surface area contributed by atoms with Crippen LogP contribution in [0.5, 0.6) is 28.7 Å². The Kier molecular flexibility index (Phi) is 5.90. The third-order valence-corrected chi connectivity index (χ3v) is 3.53. The normalized spacial score (nSPS) is 10.1. The highest BCUT2D eigenvalue weighted by molar-refractivity contribution is 5.56. The maximum Gasteiger partial charge on any atom is 0.201 e. The molecule has 0 atom stereocenters. The van der Waals surface area contributed by atoms with Crippen molar-refractivity contribution in [3.05, 3.63) is 66.8 Å². The van der Waals surface area contributed by atoms with Crippen LogP contribution in [0, 0.1) is 0 Å². The first-order valence-electron chi connectivity index (χ1n) is 7.59. The van der Waals surface area contributed by atoms with Gasteiger partial charge in [-0.25, -0.2) is 0 Å². The lowest BCUT2D eigenvalue weighted by Crippen LogP contribution is -1.95. The van der Waals surface area contributed by atoms with Crippen LogP contribution in [0.3, 0.4) is 0 Å². The quantitative estimate of drug-likeness (QED) is 0.717. The van der Waals surface area contributed by atoms with Gasteiger partial charge in [0.2, 0.25) is 5.75 Å². The average molecular weight is 326 g/mol. The summed E-state index contributed by atoms with van der Waals surface area (Å²) in [5, 5.41) is 10.3. The van der Waals surface area contributed by atoms with Crippen molar-refractivity contribution in [3.8, 4) is 28.7 Å². The molecule has 2 aromatic carbocycles. The van der Waals surface area contributed by atoms with Crippen LogP contribution >= 0.6 is 0 Å². The number of ether oxygens (including phenoxy) is 3. The molecule has 0 amide bonds. The third kappa shape index (κ3) is 3.90. The van der Waals surface area contributed by atoms with Crippen molar-refractivity contribution in [1.82, 2.24) is 0 Å². The zero-order valence-electron chi connectivity index (χ0n) is 14.0. The number of phenolic OH excluding ortho intramolecular Hbond substituents is 1. The largest absolute Gasteiger partial charge is 0.502 e. The van der Waals surface area contributed by atoms with Crippen LogP contribution in [0.4, 0.5) is 0 Å². The van der Waals surface area contributed by atoms with E-state index >= 15 is 0 Å². The van der Waals surface area contributed by atoms with Gasteiger partial charge >= 0.3 is 0 Å². The fraction of sp³-hybridized carbons (Fsp3) is 0.200. The maximum absolute atomic E-state index is 10.3. The Morgan fingerprint density at radius 2 is 1.42 bits per heavy atom. The van der Waals surface area contributed by atoms with E-state index in [1.165, 1.54) is 7.11 Å². The van der Waals surface area contributed by atoms with Crippen LogP contribution in [0.25, 0.3) is 0 Å². The van der Waals surface area contributed by atoms with E-state index < -0.39 is 0 Å². The van der Waals surface area contributed by atoms with E-state index in [1.54, 1.807) is 25.3 Å². The maximum atomic E-state index is 10.3. The average Bonchev–Trinajstić information content (AvgIpc) is 2.59. The van der Waals surface area contributed by atoms with Gasteiger partial charge in [-0.3, -0.25) is 0 Å². The lowest BCUT2D eigenvalue weighted by Gasteiger charge is -2.15. The fourth-order valence-electron chi connectivity index (χ4n) is 2.36. The summed E-state index contributed by atoms with van der Waals surface area (Å²) in [5.41, 5.74) is 1.99. The zero-order chi connectivity index (χ0) is 17.5. The predicted octanol–water partition coefficient (Wildman–Crippen LogP) is 4.66. The number of phenols is 1. The Morgan fingerprint density at radius 3 is 2.04 bits per heavy atom. The van der Waals surface area contributed by atoms with E-state index in [0.717, 1.165) is 17.5 Å². The Balaban J connectivity index is 2.41. The molecular weight excluding hydrogens is 304 g/mol. The van der Waals surface area contributed by atoms with Crippen molar-refractivity contribution in [2.24, 2.45) is 0 Å². The van der Waals surface area contributed by atoms with Gasteiger partial charge in [0.05, 0.1) is 14.2 Å². The number of methoxy groups -OCH3 is 2. The molecule has 0 saturated heterocycles. The lowest BCUT2D eigenvalue weighted by atomic mass is 10.1. The summed E-state index contributed by atoms with van der Waals surface area (Å²) in [5.74, 6) is 1.70. The van der Waals surface area contributed by atoms with Gasteiger partial charge in [-0.1, -0.05) is 18.2 Å². The molecule has 0 aliphatic carbocycles. The van der Waals surface area contributed by atoms with Crippen LogP contribution in [0.1, 0.15) is 11.1 Å². The molecule has 4 heteroatoms. The summed E-state index contributed by atoms with van der Waals surface area (Å²) >= 11 is 0. The molecule has 0 fully saturated rings. The van der Waals surface area contributed by atoms with Crippen LogP contribution in [-0.4, -0.2) is 19.3 Å². The fourth-order valence-corrected chi connectivity index (χ4v) is 2.36. The first-order chi connectivity index (χ1) is 11.6. The molecule has 0 aromatic heterocycles. The minimum atomic E-state index is -0.0532. The van der Waals surface area contributed by atoms with E-state index in [-0.39, 0.29) is 5.75 Å². The lowest BCUT2D eigenvalue weighted by molar-refractivity contribution is 0.343. The number of aromatic hydroxyl groups is 1. The van der Waals surface area contributed by atoms with E-state index in [2.05, 4.69) is 13.2 Å². The molecule has 24 heavy (non-hydrogen) atoms. The summed E-state index contributed by atoms with van der Waals surface area (Å²) in [7, 11) is 3.08. The molecule has 0 aliphatic heterocycles. The van der Waals surface area contributed by atoms with Crippen molar-refractivity contribution in [1.29, 1.82) is 0 Å². The summed E-state index contributed by atoms with van der Waals surface area (Å²) in [6, 6.07) is 9.15. The van der Waals surface area contributed by atoms with Gasteiger partial charge in [0, 0.05) is 0 Å². The number of allylic oxidation sites excluding steroid dienone is 2. The van der Waals surface area contributed by atoms with Crippen molar-refractivity contribution < 1.29 is 19.3 Å². The van der Waals surface area contributed by atoms with E-state index in [0.29, 0.717) is 29.4 Å². The minimum absolute atomic E-state index is 0.0532. The smallest absolute Gasteiger partial charge is 0.201 e. The minimum Gasteiger partial charge on any atom is -0.502 e. The monoisotopic (exact) mass is 326 g/mol. The topological polar surface area (TPSA) is 47.9 Å². The number of rotatable bonds is 8. The molecule has 2 rings (SSSR count). The molecule has 0 heterocycles. The molecule has 4 nitrogen and oxygen atoms in total. The number of benzene rings is 2. The van der Waals surface area contributed by atoms with Crippen LogP contribution in [0.15, 0.2) is 55.6 Å². The standard InChI is InChI=1S/C20H22O4/c1-5-7-14-9-10-16(17(11-14)22-3)24-19-13-15(8-6-2)12-18(23-4)20(19)21/h5-6,9-13,21H,1-2,7-8H2,3-4H3. The molecule has 0 unspecified atom stereocenters. The Morgan fingerprint density at radius 1 is 0.833 bits per heavy atom. The van der Waals surface area contributed by atoms with Crippen LogP contribution in [-0.2, 0) is 12.8 Å². The van der Waals surface area contributed by atoms with Crippen LogP contribution < -0.4 is 14.2 Å². The van der Waals surface area contributed by atoms with E-state index in [9.17, 15) is 5.11 Å². The van der Waals surface area contributed by atoms with Gasteiger partial charge in [0.1, 0.15) is 0 Å². The molecule has 0 bridgehead atoms. The van der Waals surface area contributed by atoms with Gasteiger partial charge in [-0.2, -0.15) is 0 Å². The van der Waals surface area contributed by atoms with Crippen LogP contribution in [0.2, 0.25) is 0 Å². The predicted molar refractivity (Wildman–Crippen MR) is 95.5 cm³/mol. The molecule has 0 aliphatic rings. The molecule has 1 N–H and O–H groups in total. The molecule has 0 radical (unpaired) electrons. The first kappa shape index (κ1) is 17.5. The number of hydrogen-bond donors (Lipinski definition) is 1. The van der Waals surface area contributed by atoms with Crippen molar-refractivity contribution in [2.45, 2.75) is 12.8 Å². The second kappa shape index (κ2) is 8.11. The van der Waals surface area contributed by atoms with E-state index in [1.807, 2.05) is 24.3 Å². The Bertz CT molecular complexity index is 735. The van der Waals surface area contributed by atoms with Gasteiger partial charge in [-0.05, 0) is 48.2 Å². The highest BCUT2D eigenvalue weighted by Gasteiger charge is 2.15. The molecular formula is C20H22O4. The second-order valence-corrected chi connectivity index (χ2v) is 5.22. The molecule has 0 spiro atoms. The summed E-state index contributed by atoms with van der Waals surface area (Å²) < 4.78 is 16.5. The summed E-state index contributed by atoms with van der Waals surface area (Å²) in [4.78, 5) is 0.